The Labute approximate surface area is 118 Å². The van der Waals surface area contributed by atoms with Gasteiger partial charge >= 0.3 is 0 Å². The van der Waals surface area contributed by atoms with Gasteiger partial charge in [0.05, 0.1) is 0 Å². The summed E-state index contributed by atoms with van der Waals surface area (Å²) in [4.78, 5) is 0. The van der Waals surface area contributed by atoms with Crippen molar-refractivity contribution in [2.24, 2.45) is 0 Å². The maximum atomic E-state index is 6.20. The van der Waals surface area contributed by atoms with E-state index in [2.05, 4.69) is 58.1 Å². The van der Waals surface area contributed by atoms with Crippen molar-refractivity contribution in [3.8, 4) is 5.75 Å². The van der Waals surface area contributed by atoms with Gasteiger partial charge in [0.2, 0.25) is 0 Å². The molecule has 1 aromatic rings. The Bertz CT molecular complexity index is 393. The lowest BCUT2D eigenvalue weighted by molar-refractivity contribution is 0.192. The molecule has 1 unspecified atom stereocenters. The van der Waals surface area contributed by atoms with E-state index in [1.165, 1.54) is 11.1 Å². The summed E-state index contributed by atoms with van der Waals surface area (Å²) in [5.74, 6) is 1.03. The summed E-state index contributed by atoms with van der Waals surface area (Å²) in [6, 6.07) is 6.61. The first-order valence-electron chi connectivity index (χ1n) is 7.37. The predicted octanol–water partition coefficient (Wildman–Crippen LogP) is 3.92. The predicted molar refractivity (Wildman–Crippen MR) is 83.2 cm³/mol. The fourth-order valence-corrected chi connectivity index (χ4v) is 2.16. The van der Waals surface area contributed by atoms with Gasteiger partial charge in [0.25, 0.3) is 0 Å². The van der Waals surface area contributed by atoms with Crippen LogP contribution in [0.15, 0.2) is 18.2 Å². The summed E-state index contributed by atoms with van der Waals surface area (Å²) in [6.45, 7) is 12.0. The van der Waals surface area contributed by atoms with Crippen molar-refractivity contribution >= 4 is 0 Å². The zero-order chi connectivity index (χ0) is 14.5. The Morgan fingerprint density at radius 2 is 1.89 bits per heavy atom. The largest absolute Gasteiger partial charge is 0.489 e. The highest BCUT2D eigenvalue weighted by molar-refractivity contribution is 5.41. The second-order valence-electron chi connectivity index (χ2n) is 6.14. The molecule has 0 saturated heterocycles. The molecular weight excluding hydrogens is 234 g/mol. The SMILES string of the molecule is CCc1ccc(OC(CC)CNC)c(C(C)(C)C)c1. The van der Waals surface area contributed by atoms with Crippen LogP contribution in [0.4, 0.5) is 0 Å². The molecule has 0 aromatic heterocycles. The van der Waals surface area contributed by atoms with Gasteiger partial charge in [-0.25, -0.2) is 0 Å². The fraction of sp³-hybridized carbons (Fsp3) is 0.647. The molecule has 2 nitrogen and oxygen atoms in total. The Kier molecular flexibility index (Phi) is 5.86. The maximum absolute atomic E-state index is 6.20. The van der Waals surface area contributed by atoms with E-state index in [1.807, 2.05) is 7.05 Å². The van der Waals surface area contributed by atoms with Crippen molar-refractivity contribution in [2.75, 3.05) is 13.6 Å². The molecule has 2 heteroatoms. The van der Waals surface area contributed by atoms with Crippen LogP contribution in [0.3, 0.4) is 0 Å². The van der Waals surface area contributed by atoms with Crippen molar-refractivity contribution in [3.05, 3.63) is 29.3 Å². The molecule has 1 N–H and O–H groups in total. The first-order chi connectivity index (χ1) is 8.92. The Balaban J connectivity index is 3.05. The molecule has 0 heterocycles. The van der Waals surface area contributed by atoms with Crippen LogP contribution < -0.4 is 10.1 Å². The molecule has 1 aromatic carbocycles. The number of likely N-dealkylation sites (N-methyl/N-ethyl adjacent to an activating group) is 1. The summed E-state index contributed by atoms with van der Waals surface area (Å²) in [5, 5.41) is 3.19. The minimum Gasteiger partial charge on any atom is -0.489 e. The van der Waals surface area contributed by atoms with Crippen LogP contribution in [0.5, 0.6) is 5.75 Å². The van der Waals surface area contributed by atoms with Crippen LogP contribution in [0.25, 0.3) is 0 Å². The smallest absolute Gasteiger partial charge is 0.123 e. The lowest BCUT2D eigenvalue weighted by atomic mass is 9.85. The van der Waals surface area contributed by atoms with E-state index in [1.54, 1.807) is 0 Å². The van der Waals surface area contributed by atoms with E-state index in [-0.39, 0.29) is 11.5 Å². The third-order valence-corrected chi connectivity index (χ3v) is 3.44. The lowest BCUT2D eigenvalue weighted by Crippen LogP contribution is -2.29. The van der Waals surface area contributed by atoms with E-state index < -0.39 is 0 Å². The second-order valence-corrected chi connectivity index (χ2v) is 6.14. The van der Waals surface area contributed by atoms with Crippen LogP contribution >= 0.6 is 0 Å². The number of rotatable bonds is 6. The van der Waals surface area contributed by atoms with Gasteiger partial charge in [0.15, 0.2) is 0 Å². The number of hydrogen-bond acceptors (Lipinski definition) is 2. The molecule has 1 rings (SSSR count). The third kappa shape index (κ3) is 4.54. The van der Waals surface area contributed by atoms with Crippen molar-refractivity contribution in [3.63, 3.8) is 0 Å². The van der Waals surface area contributed by atoms with Gasteiger partial charge in [-0.3, -0.25) is 0 Å². The van der Waals surface area contributed by atoms with Gasteiger partial charge in [-0.05, 0) is 42.5 Å². The third-order valence-electron chi connectivity index (χ3n) is 3.44. The molecule has 0 amide bonds. The highest BCUT2D eigenvalue weighted by atomic mass is 16.5. The van der Waals surface area contributed by atoms with Gasteiger partial charge in [-0.2, -0.15) is 0 Å². The van der Waals surface area contributed by atoms with Crippen molar-refractivity contribution in [1.29, 1.82) is 0 Å². The van der Waals surface area contributed by atoms with Crippen LogP contribution in [0.1, 0.15) is 52.2 Å². The molecular formula is C17H29NO. The summed E-state index contributed by atoms with van der Waals surface area (Å²) >= 11 is 0. The molecule has 0 radical (unpaired) electrons. The summed E-state index contributed by atoms with van der Waals surface area (Å²) in [5.41, 5.74) is 2.79. The molecule has 0 aliphatic carbocycles. The highest BCUT2D eigenvalue weighted by Gasteiger charge is 2.21. The number of nitrogens with one attached hydrogen (secondary N) is 1. The number of benzene rings is 1. The summed E-state index contributed by atoms with van der Waals surface area (Å²) in [7, 11) is 1.97. The van der Waals surface area contributed by atoms with Crippen LogP contribution in [0, 0.1) is 0 Å². The van der Waals surface area contributed by atoms with E-state index in [9.17, 15) is 0 Å². The molecule has 1 atom stereocenters. The quantitative estimate of drug-likeness (QED) is 0.840. The van der Waals surface area contributed by atoms with E-state index in [4.69, 9.17) is 4.74 Å². The van der Waals surface area contributed by atoms with E-state index in [0.717, 1.165) is 25.1 Å². The average Bonchev–Trinajstić information content (AvgIpc) is 2.37. The second kappa shape index (κ2) is 6.95. The van der Waals surface area contributed by atoms with Crippen molar-refractivity contribution in [1.82, 2.24) is 5.32 Å². The normalized spacial score (nSPS) is 13.4. The van der Waals surface area contributed by atoms with E-state index in [0.29, 0.717) is 0 Å². The van der Waals surface area contributed by atoms with Crippen molar-refractivity contribution in [2.45, 2.75) is 59.0 Å². The first-order valence-corrected chi connectivity index (χ1v) is 7.37. The highest BCUT2D eigenvalue weighted by Crippen LogP contribution is 2.33. The van der Waals surface area contributed by atoms with Gasteiger partial charge < -0.3 is 10.1 Å². The number of hydrogen-bond donors (Lipinski definition) is 1. The molecule has 19 heavy (non-hydrogen) atoms. The fourth-order valence-electron chi connectivity index (χ4n) is 2.16. The molecule has 0 bridgehead atoms. The Morgan fingerprint density at radius 3 is 2.37 bits per heavy atom. The molecule has 0 aliphatic heterocycles. The number of aryl methyl sites for hydroxylation is 1. The first kappa shape index (κ1) is 16.0. The van der Waals surface area contributed by atoms with E-state index >= 15 is 0 Å². The van der Waals surface area contributed by atoms with Crippen LogP contribution in [-0.2, 0) is 11.8 Å². The average molecular weight is 263 g/mol. The van der Waals surface area contributed by atoms with Gasteiger partial charge in [-0.15, -0.1) is 0 Å². The van der Waals surface area contributed by atoms with Crippen LogP contribution in [0.2, 0.25) is 0 Å². The Hall–Kier alpha value is -1.02. The monoisotopic (exact) mass is 263 g/mol. The van der Waals surface area contributed by atoms with Gasteiger partial charge in [0.1, 0.15) is 11.9 Å². The number of ether oxygens (including phenoxy) is 1. The Morgan fingerprint density at radius 1 is 1.21 bits per heavy atom. The lowest BCUT2D eigenvalue weighted by Gasteiger charge is -2.26. The van der Waals surface area contributed by atoms with Gasteiger partial charge in [0, 0.05) is 6.54 Å². The summed E-state index contributed by atoms with van der Waals surface area (Å²) < 4.78 is 6.20. The molecule has 0 aliphatic rings. The molecule has 0 fully saturated rings. The molecule has 0 saturated carbocycles. The molecule has 108 valence electrons. The standard InChI is InChI=1S/C17H29NO/c1-7-13-9-10-16(15(11-13)17(3,4)5)19-14(8-2)12-18-6/h9-11,14,18H,7-8,12H2,1-6H3. The minimum atomic E-state index is 0.110. The maximum Gasteiger partial charge on any atom is 0.123 e. The topological polar surface area (TPSA) is 21.3 Å². The minimum absolute atomic E-state index is 0.110. The van der Waals surface area contributed by atoms with Gasteiger partial charge in [-0.1, -0.05) is 46.8 Å². The van der Waals surface area contributed by atoms with Crippen LogP contribution in [-0.4, -0.2) is 19.7 Å². The summed E-state index contributed by atoms with van der Waals surface area (Å²) in [6.07, 6.45) is 2.32. The zero-order valence-corrected chi connectivity index (χ0v) is 13.3. The van der Waals surface area contributed by atoms with Crippen molar-refractivity contribution < 1.29 is 4.74 Å². The zero-order valence-electron chi connectivity index (χ0n) is 13.3. The molecule has 0 spiro atoms.